The number of hydrogen-bond acceptors (Lipinski definition) is 11. The molecule has 1 heterocycles. The first kappa shape index (κ1) is 34.6. The molecule has 1 saturated heterocycles. The number of hydrogen-bond donors (Lipinski definition) is 6. The Morgan fingerprint density at radius 1 is 1.07 bits per heavy atom. The summed E-state index contributed by atoms with van der Waals surface area (Å²) >= 11 is 0. The molecular formula is C27H40N4O11. The van der Waals surface area contributed by atoms with Crippen molar-refractivity contribution >= 4 is 29.6 Å². The fourth-order valence-electron chi connectivity index (χ4n) is 4.15. The van der Waals surface area contributed by atoms with Crippen LogP contribution in [0.25, 0.3) is 0 Å². The minimum atomic E-state index is -1.47. The Morgan fingerprint density at radius 2 is 1.74 bits per heavy atom. The normalized spacial score (nSPS) is 24.0. The number of nitrogens with one attached hydrogen (secondary N) is 3. The second-order valence-electron chi connectivity index (χ2n) is 9.79. The first-order valence-electron chi connectivity index (χ1n) is 13.4. The van der Waals surface area contributed by atoms with E-state index in [4.69, 9.17) is 19.9 Å². The molecule has 0 unspecified atom stereocenters. The number of rotatable bonds is 15. The average Bonchev–Trinajstić information content (AvgIpc) is 2.96. The lowest BCUT2D eigenvalue weighted by molar-refractivity contribution is -0.283. The lowest BCUT2D eigenvalue weighted by Crippen LogP contribution is -2.66. The van der Waals surface area contributed by atoms with Crippen molar-refractivity contribution in [3.05, 3.63) is 35.9 Å². The summed E-state index contributed by atoms with van der Waals surface area (Å²) < 4.78 is 22.0. The van der Waals surface area contributed by atoms with Crippen LogP contribution in [-0.4, -0.2) is 102 Å². The van der Waals surface area contributed by atoms with Crippen LogP contribution in [0.5, 0.6) is 0 Å². The number of methoxy groups -OCH3 is 1. The van der Waals surface area contributed by atoms with E-state index in [1.165, 1.54) is 27.9 Å². The smallest absolute Gasteiger partial charge is 0.305 e. The molecule has 2 rings (SSSR count). The molecule has 1 aliphatic rings. The highest BCUT2D eigenvalue weighted by Crippen LogP contribution is 2.26. The van der Waals surface area contributed by atoms with E-state index < -0.39 is 85.0 Å². The molecule has 15 heteroatoms. The van der Waals surface area contributed by atoms with Crippen molar-refractivity contribution in [3.8, 4) is 0 Å². The summed E-state index contributed by atoms with van der Waals surface area (Å²) in [6.07, 6.45) is -6.57. The topological polar surface area (TPSA) is 225 Å². The van der Waals surface area contributed by atoms with Crippen molar-refractivity contribution in [3.63, 3.8) is 0 Å². The maximum absolute atomic E-state index is 12.9. The minimum Gasteiger partial charge on any atom is -0.469 e. The second kappa shape index (κ2) is 16.7. The molecule has 15 nitrogen and oxygen atoms in total. The van der Waals surface area contributed by atoms with E-state index in [2.05, 4.69) is 20.7 Å². The molecule has 4 amide bonds. The molecule has 7 N–H and O–H groups in total. The predicted molar refractivity (Wildman–Crippen MR) is 145 cm³/mol. The van der Waals surface area contributed by atoms with E-state index in [9.17, 15) is 34.2 Å². The number of nitrogens with two attached hydrogens (primary N) is 1. The van der Waals surface area contributed by atoms with Crippen molar-refractivity contribution in [1.29, 1.82) is 0 Å². The summed E-state index contributed by atoms with van der Waals surface area (Å²) in [6, 6.07) is 5.69. The summed E-state index contributed by atoms with van der Waals surface area (Å²) in [4.78, 5) is 60.7. The summed E-state index contributed by atoms with van der Waals surface area (Å²) in [5.41, 5.74) is 6.11. The number of amides is 4. The van der Waals surface area contributed by atoms with Crippen molar-refractivity contribution in [1.82, 2.24) is 16.0 Å². The van der Waals surface area contributed by atoms with E-state index >= 15 is 0 Å². The van der Waals surface area contributed by atoms with Crippen LogP contribution < -0.4 is 21.7 Å². The van der Waals surface area contributed by atoms with Crippen molar-refractivity contribution in [2.75, 3.05) is 13.7 Å². The molecule has 8 atom stereocenters. The number of esters is 1. The lowest BCUT2D eigenvalue weighted by Gasteiger charge is -2.44. The Morgan fingerprint density at radius 3 is 2.31 bits per heavy atom. The quantitative estimate of drug-likeness (QED) is 0.121. The minimum absolute atomic E-state index is 0.0805. The molecule has 234 valence electrons. The summed E-state index contributed by atoms with van der Waals surface area (Å²) in [5.74, 6) is -3.46. The lowest BCUT2D eigenvalue weighted by atomic mass is 9.96. The molecule has 0 aliphatic carbocycles. The highest BCUT2D eigenvalue weighted by molar-refractivity contribution is 5.92. The summed E-state index contributed by atoms with van der Waals surface area (Å²) in [6.45, 7) is 3.45. The average molecular weight is 597 g/mol. The standard InChI is InChI=1S/C27H40N4O11/c1-14(25(37)31-18(24(28)36)10-11-20(34)39-4)29-26(38)15(2)41-23-21(30-16(3)33)27(42-19(12-32)22(23)35)40-13-17-8-6-5-7-9-17/h5-9,14-15,18-19,21-23,27,32,35H,10-13H2,1-4H3,(H2,28,36)(H,29,38)(H,30,33)(H,31,37)/t14-,15+,18+,19+,21+,22+,23+,27-/m0/s1. The Bertz CT molecular complexity index is 1070. The number of ether oxygens (including phenoxy) is 4. The van der Waals surface area contributed by atoms with Crippen LogP contribution in [0, 0.1) is 0 Å². The van der Waals surface area contributed by atoms with Crippen LogP contribution in [0.15, 0.2) is 30.3 Å². The van der Waals surface area contributed by atoms with E-state index in [-0.39, 0.29) is 19.4 Å². The molecule has 0 bridgehead atoms. The van der Waals surface area contributed by atoms with Crippen molar-refractivity contribution < 1.29 is 53.1 Å². The number of aliphatic hydroxyl groups excluding tert-OH is 2. The van der Waals surface area contributed by atoms with E-state index in [1.54, 1.807) is 0 Å². The van der Waals surface area contributed by atoms with Gasteiger partial charge in [-0.2, -0.15) is 0 Å². The SMILES string of the molecule is COC(=O)CC[C@@H](NC(=O)[C@H](C)NC(=O)[C@@H](C)O[C@H]1[C@H](O)[C@@H](CO)O[C@H](OCc2ccccc2)[C@@H]1NC(C)=O)C(N)=O. The van der Waals surface area contributed by atoms with Crippen LogP contribution in [0.3, 0.4) is 0 Å². The number of carbonyl (C=O) groups is 5. The predicted octanol–water partition coefficient (Wildman–Crippen LogP) is -2.01. The molecule has 0 radical (unpaired) electrons. The van der Waals surface area contributed by atoms with Gasteiger partial charge < -0.3 is 50.8 Å². The van der Waals surface area contributed by atoms with Gasteiger partial charge in [0.25, 0.3) is 0 Å². The number of aliphatic hydroxyl groups is 2. The molecular weight excluding hydrogens is 556 g/mol. The third kappa shape index (κ3) is 10.3. The van der Waals surface area contributed by atoms with Gasteiger partial charge >= 0.3 is 5.97 Å². The fourth-order valence-corrected chi connectivity index (χ4v) is 4.15. The van der Waals surface area contributed by atoms with Gasteiger partial charge in [-0.1, -0.05) is 30.3 Å². The van der Waals surface area contributed by atoms with Gasteiger partial charge in [-0.3, -0.25) is 24.0 Å². The summed E-state index contributed by atoms with van der Waals surface area (Å²) in [5, 5.41) is 28.1. The number of primary amides is 1. The van der Waals surface area contributed by atoms with Crippen LogP contribution in [0.2, 0.25) is 0 Å². The zero-order valence-electron chi connectivity index (χ0n) is 24.0. The highest BCUT2D eigenvalue weighted by Gasteiger charge is 2.48. The first-order chi connectivity index (χ1) is 19.9. The largest absolute Gasteiger partial charge is 0.469 e. The molecule has 0 saturated carbocycles. The number of carbonyl (C=O) groups excluding carboxylic acids is 5. The highest BCUT2D eigenvalue weighted by atomic mass is 16.7. The molecule has 0 spiro atoms. The maximum atomic E-state index is 12.9. The summed E-state index contributed by atoms with van der Waals surface area (Å²) in [7, 11) is 1.18. The van der Waals surface area contributed by atoms with Gasteiger partial charge in [-0.15, -0.1) is 0 Å². The van der Waals surface area contributed by atoms with Crippen LogP contribution in [0.1, 0.15) is 39.2 Å². The van der Waals surface area contributed by atoms with Crippen molar-refractivity contribution in [2.45, 2.75) is 89.1 Å². The number of benzene rings is 1. The molecule has 1 aliphatic heterocycles. The van der Waals surface area contributed by atoms with Gasteiger partial charge in [0.05, 0.1) is 20.3 Å². The van der Waals surface area contributed by atoms with E-state index in [0.717, 1.165) is 5.56 Å². The maximum Gasteiger partial charge on any atom is 0.305 e. The molecule has 0 aromatic heterocycles. The molecule has 1 aromatic carbocycles. The van der Waals surface area contributed by atoms with Crippen LogP contribution in [-0.2, 0) is 49.5 Å². The van der Waals surface area contributed by atoms with Gasteiger partial charge in [-0.25, -0.2) is 0 Å². The van der Waals surface area contributed by atoms with Crippen molar-refractivity contribution in [2.24, 2.45) is 5.73 Å². The van der Waals surface area contributed by atoms with Gasteiger partial charge in [0.2, 0.25) is 23.6 Å². The van der Waals surface area contributed by atoms with Crippen LogP contribution in [0.4, 0.5) is 0 Å². The molecule has 1 aromatic rings. The van der Waals surface area contributed by atoms with Gasteiger partial charge in [0, 0.05) is 13.3 Å². The zero-order chi connectivity index (χ0) is 31.4. The van der Waals surface area contributed by atoms with Gasteiger partial charge in [0.15, 0.2) is 6.29 Å². The van der Waals surface area contributed by atoms with Crippen LogP contribution >= 0.6 is 0 Å². The van der Waals surface area contributed by atoms with E-state index in [0.29, 0.717) is 0 Å². The zero-order valence-corrected chi connectivity index (χ0v) is 24.0. The Labute approximate surface area is 243 Å². The Balaban J connectivity index is 2.09. The monoisotopic (exact) mass is 596 g/mol. The van der Waals surface area contributed by atoms with E-state index in [1.807, 2.05) is 30.3 Å². The van der Waals surface area contributed by atoms with Gasteiger partial charge in [0.1, 0.15) is 42.5 Å². The third-order valence-electron chi connectivity index (χ3n) is 6.49. The molecule has 1 fully saturated rings. The first-order valence-corrected chi connectivity index (χ1v) is 13.4. The second-order valence-corrected chi connectivity index (χ2v) is 9.79. The third-order valence-corrected chi connectivity index (χ3v) is 6.49. The van der Waals surface area contributed by atoms with Gasteiger partial charge in [-0.05, 0) is 25.8 Å². The Hall–Kier alpha value is -3.63. The molecule has 42 heavy (non-hydrogen) atoms. The fraction of sp³-hybridized carbons (Fsp3) is 0.593. The Kier molecular flexibility index (Phi) is 13.8.